The Bertz CT molecular complexity index is 312. The first-order chi connectivity index (χ1) is 9.02. The fourth-order valence-electron chi connectivity index (χ4n) is 4.03. The van der Waals surface area contributed by atoms with E-state index in [1.807, 2.05) is 0 Å². The van der Waals surface area contributed by atoms with E-state index in [4.69, 9.17) is 27.6 Å². The molecule has 0 amide bonds. The Morgan fingerprint density at radius 3 is 1.60 bits per heavy atom. The third kappa shape index (κ3) is 2.82. The highest BCUT2D eigenvalue weighted by Crippen LogP contribution is 2.53. The van der Waals surface area contributed by atoms with Gasteiger partial charge in [0, 0.05) is 0 Å². The van der Waals surface area contributed by atoms with Crippen molar-refractivity contribution in [1.29, 1.82) is 0 Å². The summed E-state index contributed by atoms with van der Waals surface area (Å²) >= 11 is 13.5. The van der Waals surface area contributed by atoms with Crippen molar-refractivity contribution in [2.45, 2.75) is 88.9 Å². The molecule has 1 nitrogen and oxygen atoms in total. The van der Waals surface area contributed by atoms with Crippen LogP contribution < -0.4 is 0 Å². The van der Waals surface area contributed by atoms with Crippen molar-refractivity contribution < 1.29 is 4.43 Å². The minimum absolute atomic E-state index is 0.0201. The topological polar surface area (TPSA) is 9.23 Å². The molecule has 4 heteroatoms. The summed E-state index contributed by atoms with van der Waals surface area (Å²) in [6.45, 7) is 18.1. The van der Waals surface area contributed by atoms with Gasteiger partial charge in [0.1, 0.15) is 0 Å². The van der Waals surface area contributed by atoms with Gasteiger partial charge in [-0.05, 0) is 29.0 Å². The second kappa shape index (κ2) is 6.48. The Hall–Kier alpha value is 0.757. The van der Waals surface area contributed by atoms with E-state index in [1.165, 1.54) is 0 Å². The van der Waals surface area contributed by atoms with Crippen LogP contribution in [0, 0.1) is 11.8 Å². The molecular formula is C16H32Cl2OSi. The fraction of sp³-hybridized carbons (Fsp3) is 1.00. The number of alkyl halides is 2. The van der Waals surface area contributed by atoms with Gasteiger partial charge in [-0.2, -0.15) is 0 Å². The molecule has 1 rings (SSSR count). The number of halogens is 2. The molecule has 0 aliphatic carbocycles. The average Bonchev–Trinajstić information content (AvgIpc) is 2.30. The first kappa shape index (κ1) is 18.8. The highest BCUT2D eigenvalue weighted by Gasteiger charge is 2.60. The maximum Gasteiger partial charge on any atom is 0.200 e. The van der Waals surface area contributed by atoms with Crippen LogP contribution >= 0.6 is 23.2 Å². The Kier molecular flexibility index (Phi) is 6.09. The van der Waals surface area contributed by atoms with Gasteiger partial charge in [0.25, 0.3) is 0 Å². The second-order valence-corrected chi connectivity index (χ2v) is 13.5. The van der Waals surface area contributed by atoms with Crippen molar-refractivity contribution in [1.82, 2.24) is 0 Å². The summed E-state index contributed by atoms with van der Waals surface area (Å²) in [5.74, 6) is 0.742. The van der Waals surface area contributed by atoms with Crippen LogP contribution in [0.3, 0.4) is 0 Å². The zero-order chi connectivity index (χ0) is 15.9. The lowest BCUT2D eigenvalue weighted by Crippen LogP contribution is -2.67. The largest absolute Gasteiger partial charge is 0.409 e. The predicted molar refractivity (Wildman–Crippen MR) is 93.5 cm³/mol. The second-order valence-electron chi connectivity index (χ2n) is 7.65. The highest BCUT2D eigenvalue weighted by molar-refractivity contribution is 6.77. The van der Waals surface area contributed by atoms with E-state index in [0.29, 0.717) is 22.9 Å². The smallest absolute Gasteiger partial charge is 0.200 e. The summed E-state index contributed by atoms with van der Waals surface area (Å²) in [5.41, 5.74) is 0.821. The maximum absolute atomic E-state index is 7.01. The monoisotopic (exact) mass is 338 g/mol. The van der Waals surface area contributed by atoms with E-state index in [9.17, 15) is 0 Å². The Labute approximate surface area is 136 Å². The van der Waals surface area contributed by atoms with Gasteiger partial charge in [-0.3, -0.25) is 0 Å². The summed E-state index contributed by atoms with van der Waals surface area (Å²) < 4.78 is 7.01. The molecule has 1 aliphatic heterocycles. The van der Waals surface area contributed by atoms with Gasteiger partial charge in [-0.25, -0.2) is 0 Å². The third-order valence-corrected chi connectivity index (χ3v) is 12.5. The van der Waals surface area contributed by atoms with Crippen molar-refractivity contribution in [3.05, 3.63) is 0 Å². The van der Waals surface area contributed by atoms with Crippen molar-refractivity contribution >= 4 is 31.5 Å². The SMILES string of the molecule is CC(C)C1(C(C)C)O[Si](C(C)C)(C(C)C)CC(Cl)C1Cl. The fourth-order valence-corrected chi connectivity index (χ4v) is 10.7. The molecule has 0 aromatic rings. The molecule has 0 aromatic heterocycles. The molecule has 0 spiro atoms. The Morgan fingerprint density at radius 2 is 1.30 bits per heavy atom. The van der Waals surface area contributed by atoms with E-state index in [2.05, 4.69) is 55.4 Å². The molecule has 0 radical (unpaired) electrons. The van der Waals surface area contributed by atoms with Crippen molar-refractivity contribution in [2.75, 3.05) is 0 Å². The van der Waals surface area contributed by atoms with Crippen molar-refractivity contribution in [3.63, 3.8) is 0 Å². The summed E-state index contributed by atoms with van der Waals surface area (Å²) in [6.07, 6.45) is 0. The van der Waals surface area contributed by atoms with E-state index >= 15 is 0 Å². The van der Waals surface area contributed by atoms with Gasteiger partial charge in [-0.15, -0.1) is 23.2 Å². The molecule has 0 aromatic carbocycles. The van der Waals surface area contributed by atoms with Crippen LogP contribution in [0.25, 0.3) is 0 Å². The molecule has 1 saturated heterocycles. The van der Waals surface area contributed by atoms with Crippen LogP contribution in [-0.4, -0.2) is 24.7 Å². The average molecular weight is 339 g/mol. The van der Waals surface area contributed by atoms with Crippen LogP contribution in [0.1, 0.15) is 55.4 Å². The third-order valence-electron chi connectivity index (χ3n) is 5.39. The summed E-state index contributed by atoms with van der Waals surface area (Å²) in [6, 6.07) is 0.971. The first-order valence-corrected chi connectivity index (χ1v) is 11.1. The van der Waals surface area contributed by atoms with Gasteiger partial charge < -0.3 is 4.43 Å². The number of hydrogen-bond donors (Lipinski definition) is 0. The molecule has 1 heterocycles. The van der Waals surface area contributed by atoms with Gasteiger partial charge in [0.05, 0.1) is 16.4 Å². The molecular weight excluding hydrogens is 307 g/mol. The Morgan fingerprint density at radius 1 is 0.900 bits per heavy atom. The van der Waals surface area contributed by atoms with Crippen LogP contribution in [0.15, 0.2) is 0 Å². The lowest BCUT2D eigenvalue weighted by atomic mass is 9.76. The zero-order valence-corrected chi connectivity index (χ0v) is 16.8. The van der Waals surface area contributed by atoms with Gasteiger partial charge in [0.2, 0.25) is 0 Å². The van der Waals surface area contributed by atoms with Gasteiger partial charge >= 0.3 is 0 Å². The van der Waals surface area contributed by atoms with E-state index in [1.54, 1.807) is 0 Å². The molecule has 0 saturated carbocycles. The number of hydrogen-bond acceptors (Lipinski definition) is 1. The van der Waals surface area contributed by atoms with E-state index < -0.39 is 8.32 Å². The van der Waals surface area contributed by atoms with Crippen LogP contribution in [0.2, 0.25) is 17.1 Å². The first-order valence-electron chi connectivity index (χ1n) is 8.00. The molecule has 120 valence electrons. The lowest BCUT2D eigenvalue weighted by molar-refractivity contribution is -0.0493. The van der Waals surface area contributed by atoms with Gasteiger partial charge in [-0.1, -0.05) is 55.4 Å². The van der Waals surface area contributed by atoms with E-state index in [-0.39, 0.29) is 16.4 Å². The Balaban J connectivity index is 3.37. The van der Waals surface area contributed by atoms with Crippen molar-refractivity contribution in [2.24, 2.45) is 11.8 Å². The molecule has 2 unspecified atom stereocenters. The molecule has 1 aliphatic rings. The standard InChI is InChI=1S/C16H32Cl2OSi/c1-10(2)16(11(3)4)15(18)14(17)9-20(19-16,12(5)6)13(7)8/h10-15H,9H2,1-8H3. The summed E-state index contributed by atoms with van der Waals surface area (Å²) in [4.78, 5) is 0. The minimum Gasteiger partial charge on any atom is -0.409 e. The normalized spacial score (nSPS) is 29.7. The van der Waals surface area contributed by atoms with Gasteiger partial charge in [0.15, 0.2) is 8.32 Å². The van der Waals surface area contributed by atoms with E-state index in [0.717, 1.165) is 6.04 Å². The predicted octanol–water partition coefficient (Wildman–Crippen LogP) is 6.05. The zero-order valence-electron chi connectivity index (χ0n) is 14.3. The quantitative estimate of drug-likeness (QED) is 0.448. The summed E-state index contributed by atoms with van der Waals surface area (Å²) in [5, 5.41) is -0.0889. The highest BCUT2D eigenvalue weighted by atomic mass is 35.5. The van der Waals surface area contributed by atoms with Crippen LogP contribution in [0.5, 0.6) is 0 Å². The number of rotatable bonds is 4. The maximum atomic E-state index is 7.01. The van der Waals surface area contributed by atoms with Crippen LogP contribution in [-0.2, 0) is 4.43 Å². The molecule has 0 N–H and O–H groups in total. The molecule has 2 atom stereocenters. The molecule has 20 heavy (non-hydrogen) atoms. The lowest BCUT2D eigenvalue weighted by Gasteiger charge is -2.58. The summed E-state index contributed by atoms with van der Waals surface area (Å²) in [7, 11) is -1.92. The van der Waals surface area contributed by atoms with Crippen molar-refractivity contribution in [3.8, 4) is 0 Å². The molecule has 0 bridgehead atoms. The van der Waals surface area contributed by atoms with Crippen LogP contribution in [0.4, 0.5) is 0 Å². The minimum atomic E-state index is -1.92. The molecule has 1 fully saturated rings.